The first kappa shape index (κ1) is 23.4. The summed E-state index contributed by atoms with van der Waals surface area (Å²) in [7, 11) is 5.87. The molecule has 2 aliphatic rings. The maximum absolute atomic E-state index is 12.8. The molecule has 7 heteroatoms. The predicted molar refractivity (Wildman–Crippen MR) is 125 cm³/mol. The number of likely N-dealkylation sites (N-methyl/N-ethyl adjacent to an activating group) is 1. The lowest BCUT2D eigenvalue weighted by atomic mass is 9.88. The maximum atomic E-state index is 12.8. The van der Waals surface area contributed by atoms with E-state index in [0.717, 1.165) is 56.2 Å². The number of amides is 1. The zero-order valence-electron chi connectivity index (χ0n) is 19.4. The van der Waals surface area contributed by atoms with E-state index in [0.29, 0.717) is 19.1 Å². The standard InChI is InChI=1S/C24H39N5O2/c1-25-24(26-17-19-8-7-11-22(16-19)31-15-14-28(2)3)27-21-12-13-29(18-21)23(30)20-9-5-4-6-10-20/h7-8,11,16,20-21H,4-6,9-10,12-15,17-18H2,1-3H3,(H2,25,26,27). The molecule has 2 fully saturated rings. The number of guanidine groups is 1. The van der Waals surface area contributed by atoms with Crippen LogP contribution in [0.1, 0.15) is 44.1 Å². The van der Waals surface area contributed by atoms with Crippen molar-refractivity contribution in [3.8, 4) is 5.75 Å². The second kappa shape index (κ2) is 11.9. The largest absolute Gasteiger partial charge is 0.492 e. The molecule has 7 nitrogen and oxygen atoms in total. The molecule has 3 rings (SSSR count). The van der Waals surface area contributed by atoms with E-state index in [1.54, 1.807) is 7.05 Å². The minimum atomic E-state index is 0.247. The van der Waals surface area contributed by atoms with Crippen LogP contribution in [0.4, 0.5) is 0 Å². The van der Waals surface area contributed by atoms with E-state index in [2.05, 4.69) is 37.6 Å². The number of carbonyl (C=O) groups excluding carboxylic acids is 1. The number of likely N-dealkylation sites (tertiary alicyclic amines) is 1. The summed E-state index contributed by atoms with van der Waals surface area (Å²) in [6.07, 6.45) is 6.77. The molecule has 1 amide bonds. The van der Waals surface area contributed by atoms with Gasteiger partial charge in [-0.15, -0.1) is 0 Å². The molecule has 1 saturated carbocycles. The highest BCUT2D eigenvalue weighted by molar-refractivity contribution is 5.81. The van der Waals surface area contributed by atoms with Gasteiger partial charge >= 0.3 is 0 Å². The van der Waals surface area contributed by atoms with E-state index in [-0.39, 0.29) is 12.0 Å². The number of nitrogens with zero attached hydrogens (tertiary/aromatic N) is 3. The minimum Gasteiger partial charge on any atom is -0.492 e. The van der Waals surface area contributed by atoms with Gasteiger partial charge < -0.3 is 25.2 Å². The van der Waals surface area contributed by atoms with E-state index in [9.17, 15) is 4.79 Å². The topological polar surface area (TPSA) is 69.2 Å². The molecule has 1 aromatic rings. The lowest BCUT2D eigenvalue weighted by Crippen LogP contribution is -2.45. The zero-order valence-corrected chi connectivity index (χ0v) is 19.4. The molecule has 1 unspecified atom stereocenters. The number of aliphatic imine (C=N–C) groups is 1. The van der Waals surface area contributed by atoms with Crippen molar-refractivity contribution in [3.05, 3.63) is 29.8 Å². The third-order valence-electron chi connectivity index (χ3n) is 6.18. The first-order valence-electron chi connectivity index (χ1n) is 11.7. The van der Waals surface area contributed by atoms with Crippen molar-refractivity contribution >= 4 is 11.9 Å². The minimum absolute atomic E-state index is 0.247. The van der Waals surface area contributed by atoms with Gasteiger partial charge in [-0.25, -0.2) is 0 Å². The molecule has 1 atom stereocenters. The van der Waals surface area contributed by atoms with Crippen molar-refractivity contribution in [1.82, 2.24) is 20.4 Å². The summed E-state index contributed by atoms with van der Waals surface area (Å²) in [5, 5.41) is 6.89. The molecule has 1 aliphatic carbocycles. The normalized spacial score (nSPS) is 20.2. The highest BCUT2D eigenvalue weighted by atomic mass is 16.5. The van der Waals surface area contributed by atoms with Gasteiger partial charge in [-0.1, -0.05) is 31.4 Å². The van der Waals surface area contributed by atoms with Gasteiger partial charge in [0.2, 0.25) is 5.91 Å². The highest BCUT2D eigenvalue weighted by Crippen LogP contribution is 2.26. The van der Waals surface area contributed by atoms with Crippen LogP contribution >= 0.6 is 0 Å². The Labute approximate surface area is 187 Å². The number of nitrogens with one attached hydrogen (secondary N) is 2. The number of rotatable bonds is 8. The van der Waals surface area contributed by atoms with Crippen LogP contribution in [0.2, 0.25) is 0 Å². The van der Waals surface area contributed by atoms with Gasteiger partial charge in [0.15, 0.2) is 5.96 Å². The summed E-state index contributed by atoms with van der Waals surface area (Å²) < 4.78 is 5.83. The Morgan fingerprint density at radius 1 is 1.23 bits per heavy atom. The van der Waals surface area contributed by atoms with E-state index < -0.39 is 0 Å². The predicted octanol–water partition coefficient (Wildman–Crippen LogP) is 2.47. The summed E-state index contributed by atoms with van der Waals surface area (Å²) in [5.41, 5.74) is 1.14. The average molecular weight is 430 g/mol. The van der Waals surface area contributed by atoms with Crippen LogP contribution in [-0.2, 0) is 11.3 Å². The number of ether oxygens (including phenoxy) is 1. The van der Waals surface area contributed by atoms with Crippen LogP contribution in [0.15, 0.2) is 29.3 Å². The van der Waals surface area contributed by atoms with Gasteiger partial charge in [-0.3, -0.25) is 9.79 Å². The molecule has 0 radical (unpaired) electrons. The Bertz CT molecular complexity index is 730. The lowest BCUT2D eigenvalue weighted by molar-refractivity contribution is -0.135. The van der Waals surface area contributed by atoms with Gasteiger partial charge in [0.25, 0.3) is 0 Å². The fourth-order valence-electron chi connectivity index (χ4n) is 4.35. The Balaban J connectivity index is 1.43. The number of carbonyl (C=O) groups is 1. The van der Waals surface area contributed by atoms with Gasteiger partial charge in [-0.2, -0.15) is 0 Å². The van der Waals surface area contributed by atoms with Crippen molar-refractivity contribution in [2.24, 2.45) is 10.9 Å². The molecule has 1 saturated heterocycles. The molecule has 1 heterocycles. The molecule has 2 N–H and O–H groups in total. The van der Waals surface area contributed by atoms with Crippen LogP contribution in [0.25, 0.3) is 0 Å². The molecule has 31 heavy (non-hydrogen) atoms. The Hall–Kier alpha value is -2.28. The quantitative estimate of drug-likeness (QED) is 0.491. The molecular weight excluding hydrogens is 390 g/mol. The summed E-state index contributed by atoms with van der Waals surface area (Å²) in [6, 6.07) is 8.40. The Morgan fingerprint density at radius 2 is 2.03 bits per heavy atom. The summed E-state index contributed by atoms with van der Waals surface area (Å²) in [4.78, 5) is 21.3. The van der Waals surface area contributed by atoms with Crippen molar-refractivity contribution in [2.75, 3.05) is 47.4 Å². The second-order valence-corrected chi connectivity index (χ2v) is 8.97. The van der Waals surface area contributed by atoms with Gasteiger partial charge in [0.05, 0.1) is 0 Å². The van der Waals surface area contributed by atoms with E-state index in [4.69, 9.17) is 4.74 Å². The average Bonchev–Trinajstić information content (AvgIpc) is 3.25. The molecular formula is C24H39N5O2. The van der Waals surface area contributed by atoms with E-state index in [1.807, 2.05) is 26.2 Å². The van der Waals surface area contributed by atoms with Crippen molar-refractivity contribution < 1.29 is 9.53 Å². The maximum Gasteiger partial charge on any atom is 0.225 e. The highest BCUT2D eigenvalue weighted by Gasteiger charge is 2.31. The summed E-state index contributed by atoms with van der Waals surface area (Å²) >= 11 is 0. The SMILES string of the molecule is CN=C(NCc1cccc(OCCN(C)C)c1)NC1CCN(C(=O)C2CCCCC2)C1. The molecule has 1 aromatic carbocycles. The molecule has 1 aliphatic heterocycles. The first-order chi connectivity index (χ1) is 15.0. The molecule has 0 aromatic heterocycles. The summed E-state index contributed by atoms with van der Waals surface area (Å²) in [5.74, 6) is 2.27. The van der Waals surface area contributed by atoms with Crippen LogP contribution in [0.5, 0.6) is 5.75 Å². The van der Waals surface area contributed by atoms with Crippen LogP contribution in [0.3, 0.4) is 0 Å². The zero-order chi connectivity index (χ0) is 22.1. The molecule has 172 valence electrons. The van der Waals surface area contributed by atoms with Crippen LogP contribution < -0.4 is 15.4 Å². The van der Waals surface area contributed by atoms with Gasteiger partial charge in [0.1, 0.15) is 12.4 Å². The molecule has 0 bridgehead atoms. The Morgan fingerprint density at radius 3 is 2.77 bits per heavy atom. The molecule has 0 spiro atoms. The third-order valence-corrected chi connectivity index (χ3v) is 6.18. The number of hydrogen-bond acceptors (Lipinski definition) is 4. The van der Waals surface area contributed by atoms with Crippen LogP contribution in [-0.4, -0.2) is 75.1 Å². The lowest BCUT2D eigenvalue weighted by Gasteiger charge is -2.26. The summed E-state index contributed by atoms with van der Waals surface area (Å²) in [6.45, 7) is 3.84. The third kappa shape index (κ3) is 7.42. The fraction of sp³-hybridized carbons (Fsp3) is 0.667. The van der Waals surface area contributed by atoms with Crippen molar-refractivity contribution in [1.29, 1.82) is 0 Å². The van der Waals surface area contributed by atoms with E-state index in [1.165, 1.54) is 19.3 Å². The van der Waals surface area contributed by atoms with Crippen molar-refractivity contribution in [2.45, 2.75) is 51.1 Å². The Kier molecular flexibility index (Phi) is 9.00. The monoisotopic (exact) mass is 429 g/mol. The number of hydrogen-bond donors (Lipinski definition) is 2. The number of benzene rings is 1. The second-order valence-electron chi connectivity index (χ2n) is 8.97. The van der Waals surface area contributed by atoms with Gasteiger partial charge in [0, 0.05) is 45.2 Å². The van der Waals surface area contributed by atoms with Crippen LogP contribution in [0, 0.1) is 5.92 Å². The van der Waals surface area contributed by atoms with Crippen molar-refractivity contribution in [3.63, 3.8) is 0 Å². The van der Waals surface area contributed by atoms with E-state index >= 15 is 0 Å². The first-order valence-corrected chi connectivity index (χ1v) is 11.7. The fourth-order valence-corrected chi connectivity index (χ4v) is 4.35. The van der Waals surface area contributed by atoms with Gasteiger partial charge in [-0.05, 0) is 51.1 Å². The smallest absolute Gasteiger partial charge is 0.225 e.